The lowest BCUT2D eigenvalue weighted by Crippen LogP contribution is -2.17. The van der Waals surface area contributed by atoms with Crippen LogP contribution in [0.2, 0.25) is 0 Å². The van der Waals surface area contributed by atoms with Gasteiger partial charge in [-0.25, -0.2) is 8.78 Å². The molecular formula is C12H16F2N2O. The third-order valence-corrected chi connectivity index (χ3v) is 2.49. The molecule has 0 saturated carbocycles. The second-order valence-corrected chi connectivity index (χ2v) is 4.02. The molecule has 0 heterocycles. The molecule has 1 atom stereocenters. The average molecular weight is 242 g/mol. The minimum absolute atomic E-state index is 0.201. The maximum absolute atomic E-state index is 13.2. The number of hydrogen-bond acceptors (Lipinski definition) is 2. The molecule has 0 radical (unpaired) electrons. The molecule has 17 heavy (non-hydrogen) atoms. The molecule has 1 unspecified atom stereocenters. The molecule has 0 fully saturated rings. The Labute approximate surface area is 99.0 Å². The molecule has 0 bridgehead atoms. The van der Waals surface area contributed by atoms with Crippen molar-refractivity contribution in [1.29, 1.82) is 0 Å². The van der Waals surface area contributed by atoms with Gasteiger partial charge in [0.1, 0.15) is 17.3 Å². The zero-order valence-corrected chi connectivity index (χ0v) is 9.67. The van der Waals surface area contributed by atoms with Gasteiger partial charge in [0.05, 0.1) is 0 Å². The molecule has 1 aromatic rings. The van der Waals surface area contributed by atoms with Crippen molar-refractivity contribution in [3.63, 3.8) is 0 Å². The fourth-order valence-electron chi connectivity index (χ4n) is 1.31. The van der Waals surface area contributed by atoms with Gasteiger partial charge < -0.3 is 11.1 Å². The van der Waals surface area contributed by atoms with E-state index in [1.807, 2.05) is 6.92 Å². The van der Waals surface area contributed by atoms with Crippen LogP contribution in [0.25, 0.3) is 0 Å². The Balaban J connectivity index is 2.56. The summed E-state index contributed by atoms with van der Waals surface area (Å²) in [4.78, 5) is 11.5. The topological polar surface area (TPSA) is 55.1 Å². The number of rotatable bonds is 5. The van der Waals surface area contributed by atoms with Crippen molar-refractivity contribution in [2.75, 3.05) is 11.9 Å². The van der Waals surface area contributed by atoms with Crippen LogP contribution in [-0.4, -0.2) is 12.5 Å². The number of nitrogens with one attached hydrogen (secondary N) is 1. The zero-order valence-electron chi connectivity index (χ0n) is 9.67. The Morgan fingerprint density at radius 1 is 1.41 bits per heavy atom. The van der Waals surface area contributed by atoms with Gasteiger partial charge >= 0.3 is 0 Å². The Morgan fingerprint density at radius 2 is 2.00 bits per heavy atom. The van der Waals surface area contributed by atoms with E-state index >= 15 is 0 Å². The summed E-state index contributed by atoms with van der Waals surface area (Å²) in [6.45, 7) is 2.40. The molecule has 0 saturated heterocycles. The molecule has 5 heteroatoms. The standard InChI is InChI=1S/C12H16F2N2O/c1-8(7-15)5-6-11(17)16-12-9(13)3-2-4-10(12)14/h2-4,8H,5-7,15H2,1H3,(H,16,17). The first-order valence-electron chi connectivity index (χ1n) is 5.48. The van der Waals surface area contributed by atoms with Crippen LogP contribution in [0.4, 0.5) is 14.5 Å². The molecule has 0 aliphatic heterocycles. The molecule has 1 aromatic carbocycles. The lowest BCUT2D eigenvalue weighted by molar-refractivity contribution is -0.116. The predicted molar refractivity (Wildman–Crippen MR) is 62.4 cm³/mol. The molecule has 3 nitrogen and oxygen atoms in total. The molecule has 94 valence electrons. The maximum atomic E-state index is 13.2. The zero-order chi connectivity index (χ0) is 12.8. The van der Waals surface area contributed by atoms with Crippen molar-refractivity contribution in [1.82, 2.24) is 0 Å². The lowest BCUT2D eigenvalue weighted by atomic mass is 10.1. The fourth-order valence-corrected chi connectivity index (χ4v) is 1.31. The summed E-state index contributed by atoms with van der Waals surface area (Å²) >= 11 is 0. The molecule has 0 aliphatic carbocycles. The lowest BCUT2D eigenvalue weighted by Gasteiger charge is -2.09. The summed E-state index contributed by atoms with van der Waals surface area (Å²) in [5.41, 5.74) is 5.02. The largest absolute Gasteiger partial charge is 0.330 e. The molecule has 0 spiro atoms. The van der Waals surface area contributed by atoms with E-state index in [0.29, 0.717) is 13.0 Å². The molecule has 0 aliphatic rings. The van der Waals surface area contributed by atoms with Crippen LogP contribution in [0.1, 0.15) is 19.8 Å². The summed E-state index contributed by atoms with van der Waals surface area (Å²) in [6.07, 6.45) is 0.796. The van der Waals surface area contributed by atoms with Gasteiger partial charge in [0, 0.05) is 6.42 Å². The number of para-hydroxylation sites is 1. The Morgan fingerprint density at radius 3 is 2.53 bits per heavy atom. The van der Waals surface area contributed by atoms with Gasteiger partial charge in [-0.2, -0.15) is 0 Å². The average Bonchev–Trinajstić information content (AvgIpc) is 2.31. The number of carbonyl (C=O) groups excluding carboxylic acids is 1. The molecule has 0 aromatic heterocycles. The van der Waals surface area contributed by atoms with E-state index < -0.39 is 23.2 Å². The van der Waals surface area contributed by atoms with Crippen molar-refractivity contribution in [3.05, 3.63) is 29.8 Å². The molecule has 1 rings (SSSR count). The highest BCUT2D eigenvalue weighted by Gasteiger charge is 2.12. The summed E-state index contributed by atoms with van der Waals surface area (Å²) in [6, 6.07) is 3.44. The van der Waals surface area contributed by atoms with Crippen molar-refractivity contribution in [3.8, 4) is 0 Å². The van der Waals surface area contributed by atoms with Crippen molar-refractivity contribution < 1.29 is 13.6 Å². The van der Waals surface area contributed by atoms with Crippen LogP contribution in [0.5, 0.6) is 0 Å². The predicted octanol–water partition coefficient (Wildman–Crippen LogP) is 2.28. The van der Waals surface area contributed by atoms with Crippen LogP contribution in [-0.2, 0) is 4.79 Å². The number of hydrogen-bond donors (Lipinski definition) is 2. The number of carbonyl (C=O) groups is 1. The van der Waals surface area contributed by atoms with Gasteiger partial charge in [0.15, 0.2) is 0 Å². The van der Waals surface area contributed by atoms with Crippen LogP contribution in [0, 0.1) is 17.6 Å². The van der Waals surface area contributed by atoms with Crippen LogP contribution in [0.3, 0.4) is 0 Å². The quantitative estimate of drug-likeness (QED) is 0.832. The minimum Gasteiger partial charge on any atom is -0.330 e. The first-order chi connectivity index (χ1) is 8.04. The van der Waals surface area contributed by atoms with Gasteiger partial charge in [-0.15, -0.1) is 0 Å². The number of halogens is 2. The third-order valence-electron chi connectivity index (χ3n) is 2.49. The fraction of sp³-hybridized carbons (Fsp3) is 0.417. The summed E-state index contributed by atoms with van der Waals surface area (Å²) in [5, 5.41) is 2.23. The van der Waals surface area contributed by atoms with E-state index in [1.165, 1.54) is 6.07 Å². The monoisotopic (exact) mass is 242 g/mol. The summed E-state index contributed by atoms with van der Waals surface area (Å²) in [7, 11) is 0. The maximum Gasteiger partial charge on any atom is 0.224 e. The molecule has 3 N–H and O–H groups in total. The minimum atomic E-state index is -0.773. The van der Waals surface area contributed by atoms with Gasteiger partial charge in [-0.3, -0.25) is 4.79 Å². The highest BCUT2D eigenvalue weighted by Crippen LogP contribution is 2.18. The highest BCUT2D eigenvalue weighted by atomic mass is 19.1. The molecular weight excluding hydrogens is 226 g/mol. The number of benzene rings is 1. The van der Waals surface area contributed by atoms with E-state index in [4.69, 9.17) is 5.73 Å². The Kier molecular flexibility index (Phi) is 5.03. The first-order valence-corrected chi connectivity index (χ1v) is 5.48. The second-order valence-electron chi connectivity index (χ2n) is 4.02. The van der Waals surface area contributed by atoms with E-state index in [2.05, 4.69) is 5.32 Å². The van der Waals surface area contributed by atoms with Gasteiger partial charge in [0.25, 0.3) is 0 Å². The normalized spacial score (nSPS) is 12.2. The van der Waals surface area contributed by atoms with Gasteiger partial charge in [0.2, 0.25) is 5.91 Å². The van der Waals surface area contributed by atoms with Gasteiger partial charge in [-0.05, 0) is 31.0 Å². The van der Waals surface area contributed by atoms with Crippen LogP contribution in [0.15, 0.2) is 18.2 Å². The van der Waals surface area contributed by atoms with E-state index in [9.17, 15) is 13.6 Å². The third kappa shape index (κ3) is 4.11. The Bertz CT molecular complexity index is 376. The Hall–Kier alpha value is -1.49. The van der Waals surface area contributed by atoms with E-state index in [1.54, 1.807) is 0 Å². The van der Waals surface area contributed by atoms with Crippen LogP contribution < -0.4 is 11.1 Å². The highest BCUT2D eigenvalue weighted by molar-refractivity contribution is 5.90. The van der Waals surface area contributed by atoms with Crippen molar-refractivity contribution in [2.45, 2.75) is 19.8 Å². The summed E-state index contributed by atoms with van der Waals surface area (Å²) in [5.74, 6) is -1.74. The number of nitrogens with two attached hydrogens (primary N) is 1. The van der Waals surface area contributed by atoms with Crippen molar-refractivity contribution >= 4 is 11.6 Å². The van der Waals surface area contributed by atoms with E-state index in [0.717, 1.165) is 12.1 Å². The summed E-state index contributed by atoms with van der Waals surface area (Å²) < 4.78 is 26.4. The van der Waals surface area contributed by atoms with Gasteiger partial charge in [-0.1, -0.05) is 13.0 Å². The van der Waals surface area contributed by atoms with Crippen LogP contribution >= 0.6 is 0 Å². The SMILES string of the molecule is CC(CN)CCC(=O)Nc1c(F)cccc1F. The van der Waals surface area contributed by atoms with Crippen molar-refractivity contribution in [2.24, 2.45) is 11.7 Å². The number of anilines is 1. The number of amides is 1. The molecule has 1 amide bonds. The van der Waals surface area contributed by atoms with E-state index in [-0.39, 0.29) is 12.3 Å². The second kappa shape index (κ2) is 6.30. The first kappa shape index (κ1) is 13.6. The smallest absolute Gasteiger partial charge is 0.224 e.